The third kappa shape index (κ3) is 3.07. The molecule has 0 fully saturated rings. The van der Waals surface area contributed by atoms with E-state index in [1.165, 1.54) is 7.11 Å². The molecule has 0 aliphatic heterocycles. The summed E-state index contributed by atoms with van der Waals surface area (Å²) in [6, 6.07) is 11.4. The van der Waals surface area contributed by atoms with Crippen LogP contribution in [0.3, 0.4) is 0 Å². The lowest BCUT2D eigenvalue weighted by molar-refractivity contribution is 0.0601. The largest absolute Gasteiger partial charge is 0.465 e. The number of hydrogen-bond donors (Lipinski definition) is 0. The van der Waals surface area contributed by atoms with Crippen LogP contribution >= 0.6 is 38.6 Å². The van der Waals surface area contributed by atoms with Gasteiger partial charge in [0, 0.05) is 10.9 Å². The summed E-state index contributed by atoms with van der Waals surface area (Å²) in [6.07, 6.45) is 0. The first-order valence-corrected chi connectivity index (χ1v) is 8.56. The molecule has 0 amide bonds. The zero-order chi connectivity index (χ0) is 14.8. The normalized spacial score (nSPS) is 10.6. The molecule has 0 saturated heterocycles. The summed E-state index contributed by atoms with van der Waals surface area (Å²) in [5.74, 6) is -0.337. The van der Waals surface area contributed by atoms with Crippen LogP contribution in [0.25, 0.3) is 21.1 Å². The van der Waals surface area contributed by atoms with Crippen LogP contribution < -0.4 is 0 Å². The van der Waals surface area contributed by atoms with E-state index in [9.17, 15) is 4.79 Å². The van der Waals surface area contributed by atoms with Crippen LogP contribution in [0.2, 0.25) is 0 Å². The van der Waals surface area contributed by atoms with E-state index >= 15 is 0 Å². The molecule has 2 heterocycles. The van der Waals surface area contributed by atoms with E-state index in [-0.39, 0.29) is 5.97 Å². The fourth-order valence-corrected chi connectivity index (χ4v) is 4.11. The first-order valence-electron chi connectivity index (χ1n) is 6.07. The Kier molecular flexibility index (Phi) is 4.19. The van der Waals surface area contributed by atoms with Crippen molar-refractivity contribution >= 4 is 44.6 Å². The highest BCUT2D eigenvalue weighted by Gasteiger charge is 2.11. The maximum absolute atomic E-state index is 11.6. The summed E-state index contributed by atoms with van der Waals surface area (Å²) >= 11 is 6.67. The Balaban J connectivity index is 1.95. The standard InChI is InChI=1S/C15H10BrNO2S2/c1-19-15(18)10-4-2-3-9(7-10)14-17-11(8-20-14)12-5-6-13(16)21-12/h2-8H,1H3. The smallest absolute Gasteiger partial charge is 0.337 e. The molecule has 1 aromatic carbocycles. The zero-order valence-electron chi connectivity index (χ0n) is 11.0. The van der Waals surface area contributed by atoms with Gasteiger partial charge in [-0.05, 0) is 40.2 Å². The molecule has 3 nitrogen and oxygen atoms in total. The lowest BCUT2D eigenvalue weighted by atomic mass is 10.1. The van der Waals surface area contributed by atoms with Gasteiger partial charge in [-0.1, -0.05) is 12.1 Å². The van der Waals surface area contributed by atoms with Gasteiger partial charge in [-0.25, -0.2) is 9.78 Å². The fourth-order valence-electron chi connectivity index (χ4n) is 1.87. The van der Waals surface area contributed by atoms with E-state index in [1.54, 1.807) is 34.8 Å². The van der Waals surface area contributed by atoms with Gasteiger partial charge in [0.05, 0.1) is 27.0 Å². The summed E-state index contributed by atoms with van der Waals surface area (Å²) in [7, 11) is 1.38. The molecule has 0 N–H and O–H groups in total. The first kappa shape index (κ1) is 14.4. The molecule has 0 aliphatic carbocycles. The summed E-state index contributed by atoms with van der Waals surface area (Å²) in [5.41, 5.74) is 2.41. The Morgan fingerprint density at radius 2 is 2.14 bits per heavy atom. The van der Waals surface area contributed by atoms with Crippen molar-refractivity contribution in [2.24, 2.45) is 0 Å². The molecule has 3 rings (SSSR count). The molecule has 3 aromatic rings. The van der Waals surface area contributed by atoms with Gasteiger partial charge in [0.2, 0.25) is 0 Å². The van der Waals surface area contributed by atoms with Gasteiger partial charge in [-0.15, -0.1) is 22.7 Å². The zero-order valence-corrected chi connectivity index (χ0v) is 14.2. The Bertz CT molecular complexity index is 794. The van der Waals surface area contributed by atoms with Crippen molar-refractivity contribution in [3.05, 3.63) is 51.1 Å². The van der Waals surface area contributed by atoms with E-state index in [4.69, 9.17) is 4.74 Å². The van der Waals surface area contributed by atoms with Crippen molar-refractivity contribution in [2.75, 3.05) is 7.11 Å². The van der Waals surface area contributed by atoms with Gasteiger partial charge < -0.3 is 4.74 Å². The molecule has 0 atom stereocenters. The van der Waals surface area contributed by atoms with Gasteiger partial charge >= 0.3 is 5.97 Å². The number of thiophene rings is 1. The third-order valence-corrected chi connectivity index (χ3v) is 5.40. The number of rotatable bonds is 3. The number of hydrogen-bond acceptors (Lipinski definition) is 5. The molecule has 6 heteroatoms. The Labute approximate surface area is 138 Å². The van der Waals surface area contributed by atoms with E-state index in [0.717, 1.165) is 24.9 Å². The second-order valence-corrected chi connectivity index (χ2v) is 7.54. The monoisotopic (exact) mass is 379 g/mol. The third-order valence-electron chi connectivity index (χ3n) is 2.86. The van der Waals surface area contributed by atoms with Gasteiger partial charge in [0.15, 0.2) is 0 Å². The predicted octanol–water partition coefficient (Wildman–Crippen LogP) is 5.09. The van der Waals surface area contributed by atoms with E-state index in [2.05, 4.69) is 20.9 Å². The summed E-state index contributed by atoms with van der Waals surface area (Å²) < 4.78 is 5.83. The Morgan fingerprint density at radius 1 is 1.29 bits per heavy atom. The molecular formula is C15H10BrNO2S2. The molecular weight excluding hydrogens is 370 g/mol. The number of nitrogens with zero attached hydrogens (tertiary/aromatic N) is 1. The number of aromatic nitrogens is 1. The summed E-state index contributed by atoms with van der Waals surface area (Å²) in [4.78, 5) is 17.3. The van der Waals surface area contributed by atoms with Crippen LogP contribution in [0.4, 0.5) is 0 Å². The van der Waals surface area contributed by atoms with Gasteiger partial charge in [0.1, 0.15) is 5.01 Å². The van der Waals surface area contributed by atoms with Crippen molar-refractivity contribution in [3.63, 3.8) is 0 Å². The average Bonchev–Trinajstić information content (AvgIpc) is 3.15. The van der Waals surface area contributed by atoms with Crippen LogP contribution in [0.15, 0.2) is 45.6 Å². The SMILES string of the molecule is COC(=O)c1cccc(-c2nc(-c3ccc(Br)s3)cs2)c1. The van der Waals surface area contributed by atoms with Crippen LogP contribution in [0, 0.1) is 0 Å². The second-order valence-electron chi connectivity index (χ2n) is 4.21. The summed E-state index contributed by atoms with van der Waals surface area (Å²) in [5, 5.41) is 2.92. The van der Waals surface area contributed by atoms with Crippen LogP contribution in [0.5, 0.6) is 0 Å². The number of halogens is 1. The Hall–Kier alpha value is -1.50. The first-order chi connectivity index (χ1) is 10.2. The Morgan fingerprint density at radius 3 is 2.86 bits per heavy atom. The molecule has 0 saturated carbocycles. The average molecular weight is 380 g/mol. The number of benzene rings is 1. The maximum Gasteiger partial charge on any atom is 0.337 e. The number of ether oxygens (including phenoxy) is 1. The highest BCUT2D eigenvalue weighted by Crippen LogP contribution is 2.34. The molecule has 21 heavy (non-hydrogen) atoms. The van der Waals surface area contributed by atoms with E-state index in [0.29, 0.717) is 5.56 Å². The van der Waals surface area contributed by atoms with E-state index in [1.807, 2.05) is 29.6 Å². The van der Waals surface area contributed by atoms with Gasteiger partial charge in [-0.3, -0.25) is 0 Å². The van der Waals surface area contributed by atoms with Crippen LogP contribution in [-0.2, 0) is 4.74 Å². The number of methoxy groups -OCH3 is 1. The van der Waals surface area contributed by atoms with Crippen LogP contribution in [-0.4, -0.2) is 18.1 Å². The molecule has 0 bridgehead atoms. The van der Waals surface area contributed by atoms with Crippen molar-refractivity contribution in [1.82, 2.24) is 4.98 Å². The minimum atomic E-state index is -0.337. The van der Waals surface area contributed by atoms with Crippen molar-refractivity contribution in [1.29, 1.82) is 0 Å². The van der Waals surface area contributed by atoms with Gasteiger partial charge in [0.25, 0.3) is 0 Å². The second kappa shape index (κ2) is 6.09. The van der Waals surface area contributed by atoms with Crippen LogP contribution in [0.1, 0.15) is 10.4 Å². The molecule has 106 valence electrons. The van der Waals surface area contributed by atoms with Crippen molar-refractivity contribution < 1.29 is 9.53 Å². The number of thiazole rings is 1. The molecule has 0 radical (unpaired) electrons. The molecule has 0 unspecified atom stereocenters. The highest BCUT2D eigenvalue weighted by atomic mass is 79.9. The minimum Gasteiger partial charge on any atom is -0.465 e. The maximum atomic E-state index is 11.6. The number of carbonyl (C=O) groups excluding carboxylic acids is 1. The topological polar surface area (TPSA) is 39.2 Å². The minimum absolute atomic E-state index is 0.337. The number of esters is 1. The summed E-state index contributed by atoms with van der Waals surface area (Å²) in [6.45, 7) is 0. The lowest BCUT2D eigenvalue weighted by Crippen LogP contribution is -2.00. The quantitative estimate of drug-likeness (QED) is 0.595. The van der Waals surface area contributed by atoms with Crippen molar-refractivity contribution in [2.45, 2.75) is 0 Å². The molecule has 2 aromatic heterocycles. The predicted molar refractivity (Wildman–Crippen MR) is 89.9 cm³/mol. The van der Waals surface area contributed by atoms with Crippen molar-refractivity contribution in [3.8, 4) is 21.1 Å². The van der Waals surface area contributed by atoms with E-state index < -0.39 is 0 Å². The fraction of sp³-hybridized carbons (Fsp3) is 0.0667. The van der Waals surface area contributed by atoms with Gasteiger partial charge in [-0.2, -0.15) is 0 Å². The lowest BCUT2D eigenvalue weighted by Gasteiger charge is -2.01. The molecule has 0 spiro atoms. The molecule has 0 aliphatic rings. The highest BCUT2D eigenvalue weighted by molar-refractivity contribution is 9.11. The number of carbonyl (C=O) groups is 1.